The molecule has 72 valence electrons. The highest BCUT2D eigenvalue weighted by molar-refractivity contribution is 4.70. The van der Waals surface area contributed by atoms with Gasteiger partial charge in [0.15, 0.2) is 0 Å². The molecule has 0 amide bonds. The Hall–Kier alpha value is -0.120. The van der Waals surface area contributed by atoms with Crippen LogP contribution in [0.4, 0.5) is 0 Å². The van der Waals surface area contributed by atoms with Crippen LogP contribution in [0, 0.1) is 5.41 Å². The van der Waals surface area contributed by atoms with E-state index in [2.05, 4.69) is 13.8 Å². The average Bonchev–Trinajstić information content (AvgIpc) is 2.70. The van der Waals surface area contributed by atoms with Crippen molar-refractivity contribution in [2.75, 3.05) is 33.5 Å². The van der Waals surface area contributed by atoms with Gasteiger partial charge in [-0.05, 0) is 0 Å². The van der Waals surface area contributed by atoms with E-state index in [1.165, 1.54) is 0 Å². The van der Waals surface area contributed by atoms with Crippen LogP contribution in [0.25, 0.3) is 0 Å². The Kier molecular flexibility index (Phi) is 3.50. The maximum atomic E-state index is 5.47. The molecular weight excluding hydrogens is 156 g/mol. The van der Waals surface area contributed by atoms with Crippen molar-refractivity contribution in [1.29, 1.82) is 0 Å². The number of rotatable bonds is 6. The van der Waals surface area contributed by atoms with Gasteiger partial charge in [0.2, 0.25) is 0 Å². The third-order valence-corrected chi connectivity index (χ3v) is 1.73. The maximum Gasteiger partial charge on any atom is 0.104 e. The maximum absolute atomic E-state index is 5.47. The summed E-state index contributed by atoms with van der Waals surface area (Å²) in [5.74, 6) is 0. The molecule has 0 aromatic rings. The highest BCUT2D eigenvalue weighted by atomic mass is 16.6. The van der Waals surface area contributed by atoms with Gasteiger partial charge in [-0.1, -0.05) is 13.8 Å². The second-order valence-electron chi connectivity index (χ2n) is 4.07. The number of hydrogen-bond donors (Lipinski definition) is 0. The molecule has 0 aromatic heterocycles. The van der Waals surface area contributed by atoms with Gasteiger partial charge in [0.25, 0.3) is 0 Å². The average molecular weight is 174 g/mol. The molecule has 1 rings (SSSR count). The lowest BCUT2D eigenvalue weighted by Gasteiger charge is -2.22. The zero-order valence-corrected chi connectivity index (χ0v) is 8.13. The van der Waals surface area contributed by atoms with Crippen molar-refractivity contribution in [2.45, 2.75) is 20.0 Å². The minimum absolute atomic E-state index is 0.115. The molecule has 1 atom stereocenters. The van der Waals surface area contributed by atoms with Crippen molar-refractivity contribution < 1.29 is 14.2 Å². The standard InChI is InChI=1S/C9H18O3/c1-9(2,6-10-3)7-11-4-8-5-12-8/h8H,4-7H2,1-3H3. The first-order chi connectivity index (χ1) is 5.64. The van der Waals surface area contributed by atoms with Gasteiger partial charge >= 0.3 is 0 Å². The molecular formula is C9H18O3. The Morgan fingerprint density at radius 2 is 2.08 bits per heavy atom. The van der Waals surface area contributed by atoms with Crippen LogP contribution in [0.5, 0.6) is 0 Å². The first kappa shape index (κ1) is 9.96. The third-order valence-electron chi connectivity index (χ3n) is 1.73. The molecule has 1 aliphatic heterocycles. The molecule has 0 aliphatic carbocycles. The molecule has 3 nitrogen and oxygen atoms in total. The Morgan fingerprint density at radius 3 is 2.58 bits per heavy atom. The Balaban J connectivity index is 2.01. The van der Waals surface area contributed by atoms with Crippen LogP contribution in [-0.2, 0) is 14.2 Å². The first-order valence-electron chi connectivity index (χ1n) is 4.32. The molecule has 1 unspecified atom stereocenters. The molecule has 1 heterocycles. The van der Waals surface area contributed by atoms with E-state index in [-0.39, 0.29) is 5.41 Å². The summed E-state index contributed by atoms with van der Waals surface area (Å²) in [6, 6.07) is 0. The summed E-state index contributed by atoms with van der Waals surface area (Å²) in [7, 11) is 1.71. The van der Waals surface area contributed by atoms with E-state index in [0.29, 0.717) is 6.10 Å². The summed E-state index contributed by atoms with van der Waals surface area (Å²) in [5, 5.41) is 0. The molecule has 3 heteroatoms. The molecule has 0 aromatic carbocycles. The minimum atomic E-state index is 0.115. The van der Waals surface area contributed by atoms with Crippen LogP contribution < -0.4 is 0 Å². The highest BCUT2D eigenvalue weighted by Crippen LogP contribution is 2.17. The summed E-state index contributed by atoms with van der Waals surface area (Å²) < 4.78 is 15.6. The predicted molar refractivity (Wildman–Crippen MR) is 46.2 cm³/mol. The third kappa shape index (κ3) is 4.04. The van der Waals surface area contributed by atoms with Crippen LogP contribution in [0.15, 0.2) is 0 Å². The highest BCUT2D eigenvalue weighted by Gasteiger charge is 2.24. The van der Waals surface area contributed by atoms with E-state index in [1.54, 1.807) is 7.11 Å². The van der Waals surface area contributed by atoms with Crippen molar-refractivity contribution in [3.05, 3.63) is 0 Å². The molecule has 0 bridgehead atoms. The van der Waals surface area contributed by atoms with Gasteiger partial charge in [0.05, 0.1) is 26.4 Å². The lowest BCUT2D eigenvalue weighted by atomic mass is 9.96. The van der Waals surface area contributed by atoms with Crippen LogP contribution in [0.2, 0.25) is 0 Å². The van der Waals surface area contributed by atoms with E-state index in [1.807, 2.05) is 0 Å². The van der Waals surface area contributed by atoms with Crippen molar-refractivity contribution in [3.8, 4) is 0 Å². The van der Waals surface area contributed by atoms with Gasteiger partial charge in [0, 0.05) is 12.5 Å². The second kappa shape index (κ2) is 4.21. The first-order valence-corrected chi connectivity index (χ1v) is 4.32. The van der Waals surface area contributed by atoms with Crippen LogP contribution in [0.1, 0.15) is 13.8 Å². The molecule has 0 radical (unpaired) electrons. The van der Waals surface area contributed by atoms with Crippen LogP contribution in [0.3, 0.4) is 0 Å². The van der Waals surface area contributed by atoms with Gasteiger partial charge in [-0.3, -0.25) is 0 Å². The summed E-state index contributed by atoms with van der Waals surface area (Å²) in [6.45, 7) is 7.32. The summed E-state index contributed by atoms with van der Waals surface area (Å²) in [6.07, 6.45) is 0.364. The Bertz CT molecular complexity index is 130. The van der Waals surface area contributed by atoms with Crippen LogP contribution in [-0.4, -0.2) is 39.6 Å². The summed E-state index contributed by atoms with van der Waals surface area (Å²) in [5.41, 5.74) is 0.115. The lowest BCUT2D eigenvalue weighted by Crippen LogP contribution is -2.25. The van der Waals surface area contributed by atoms with Crippen molar-refractivity contribution in [2.24, 2.45) is 5.41 Å². The zero-order valence-electron chi connectivity index (χ0n) is 8.13. The van der Waals surface area contributed by atoms with Crippen molar-refractivity contribution in [3.63, 3.8) is 0 Å². The van der Waals surface area contributed by atoms with Gasteiger partial charge in [0.1, 0.15) is 6.10 Å². The van der Waals surface area contributed by atoms with Crippen LogP contribution >= 0.6 is 0 Å². The van der Waals surface area contributed by atoms with Gasteiger partial charge < -0.3 is 14.2 Å². The van der Waals surface area contributed by atoms with E-state index >= 15 is 0 Å². The van der Waals surface area contributed by atoms with E-state index in [9.17, 15) is 0 Å². The molecule has 0 saturated carbocycles. The van der Waals surface area contributed by atoms with Crippen molar-refractivity contribution >= 4 is 0 Å². The quantitative estimate of drug-likeness (QED) is 0.564. The van der Waals surface area contributed by atoms with E-state index in [0.717, 1.165) is 26.4 Å². The SMILES string of the molecule is COCC(C)(C)COCC1CO1. The molecule has 1 saturated heterocycles. The molecule has 12 heavy (non-hydrogen) atoms. The Labute approximate surface area is 74.0 Å². The van der Waals surface area contributed by atoms with Gasteiger partial charge in [-0.15, -0.1) is 0 Å². The molecule has 1 fully saturated rings. The van der Waals surface area contributed by atoms with E-state index < -0.39 is 0 Å². The molecule has 1 aliphatic rings. The Morgan fingerprint density at radius 1 is 1.42 bits per heavy atom. The number of hydrogen-bond acceptors (Lipinski definition) is 3. The molecule has 0 N–H and O–H groups in total. The van der Waals surface area contributed by atoms with Crippen molar-refractivity contribution in [1.82, 2.24) is 0 Å². The molecule has 0 spiro atoms. The second-order valence-corrected chi connectivity index (χ2v) is 4.07. The van der Waals surface area contributed by atoms with Gasteiger partial charge in [-0.25, -0.2) is 0 Å². The fourth-order valence-electron chi connectivity index (χ4n) is 1.06. The minimum Gasteiger partial charge on any atom is -0.384 e. The predicted octanol–water partition coefficient (Wildman–Crippen LogP) is 1.07. The largest absolute Gasteiger partial charge is 0.384 e. The lowest BCUT2D eigenvalue weighted by molar-refractivity contribution is 0.00800. The fourth-order valence-corrected chi connectivity index (χ4v) is 1.06. The number of methoxy groups -OCH3 is 1. The summed E-state index contributed by atoms with van der Waals surface area (Å²) >= 11 is 0. The smallest absolute Gasteiger partial charge is 0.104 e. The summed E-state index contributed by atoms with van der Waals surface area (Å²) in [4.78, 5) is 0. The topological polar surface area (TPSA) is 31.0 Å². The fraction of sp³-hybridized carbons (Fsp3) is 1.00. The normalized spacial score (nSPS) is 22.8. The number of epoxide rings is 1. The van der Waals surface area contributed by atoms with Gasteiger partial charge in [-0.2, -0.15) is 0 Å². The number of ether oxygens (including phenoxy) is 3. The van der Waals surface area contributed by atoms with E-state index in [4.69, 9.17) is 14.2 Å². The zero-order chi connectivity index (χ0) is 9.03. The monoisotopic (exact) mass is 174 g/mol.